The van der Waals surface area contributed by atoms with Gasteiger partial charge in [-0.3, -0.25) is 0 Å². The lowest BCUT2D eigenvalue weighted by molar-refractivity contribution is 0.261. The van der Waals surface area contributed by atoms with Crippen LogP contribution in [-0.4, -0.2) is 0 Å². The fraction of sp³-hybridized carbons (Fsp3) is 1.00. The van der Waals surface area contributed by atoms with Crippen molar-refractivity contribution < 1.29 is 0 Å². The van der Waals surface area contributed by atoms with E-state index in [1.807, 2.05) is 0 Å². The number of hydrogen-bond acceptors (Lipinski definition) is 0. The first-order valence-corrected chi connectivity index (χ1v) is 8.65. The molecule has 0 saturated heterocycles. The van der Waals surface area contributed by atoms with Crippen LogP contribution in [0.3, 0.4) is 0 Å². The van der Waals surface area contributed by atoms with Crippen LogP contribution in [0.25, 0.3) is 0 Å². The normalized spacial score (nSPS) is 16.5. The molecule has 0 aliphatic rings. The van der Waals surface area contributed by atoms with Gasteiger partial charge >= 0.3 is 0 Å². The van der Waals surface area contributed by atoms with Crippen molar-refractivity contribution in [1.29, 1.82) is 0 Å². The van der Waals surface area contributed by atoms with Crippen LogP contribution in [0.4, 0.5) is 0 Å². The lowest BCUT2D eigenvalue weighted by Crippen LogP contribution is -2.14. The standard InChI is InChI=1S/C18H38/c1-6-9-10-11-12-13-14-17(5)18(8-3)15-16(4)7-2/h16-18H,6-15H2,1-5H3. The largest absolute Gasteiger partial charge is 0.0654 e. The molecule has 3 atom stereocenters. The van der Waals surface area contributed by atoms with Gasteiger partial charge in [0.15, 0.2) is 0 Å². The molecule has 0 saturated carbocycles. The summed E-state index contributed by atoms with van der Waals surface area (Å²) in [5.74, 6) is 2.83. The summed E-state index contributed by atoms with van der Waals surface area (Å²) in [6.45, 7) is 11.9. The number of rotatable bonds is 12. The molecule has 110 valence electrons. The minimum Gasteiger partial charge on any atom is -0.0654 e. The monoisotopic (exact) mass is 254 g/mol. The Balaban J connectivity index is 3.66. The van der Waals surface area contributed by atoms with Crippen molar-refractivity contribution in [3.63, 3.8) is 0 Å². The number of unbranched alkanes of at least 4 members (excludes halogenated alkanes) is 5. The van der Waals surface area contributed by atoms with Crippen LogP contribution >= 0.6 is 0 Å². The molecule has 0 aromatic heterocycles. The molecule has 0 aliphatic carbocycles. The third-order valence-corrected chi connectivity index (χ3v) is 4.74. The van der Waals surface area contributed by atoms with E-state index in [1.165, 1.54) is 64.2 Å². The fourth-order valence-corrected chi connectivity index (χ4v) is 2.97. The van der Waals surface area contributed by atoms with Gasteiger partial charge in [0.05, 0.1) is 0 Å². The van der Waals surface area contributed by atoms with Gasteiger partial charge in [-0.05, 0) is 24.2 Å². The van der Waals surface area contributed by atoms with Crippen LogP contribution in [0.2, 0.25) is 0 Å². The fourth-order valence-electron chi connectivity index (χ4n) is 2.97. The van der Waals surface area contributed by atoms with Crippen LogP contribution in [0.1, 0.15) is 98.8 Å². The topological polar surface area (TPSA) is 0 Å². The second-order valence-corrected chi connectivity index (χ2v) is 6.45. The van der Waals surface area contributed by atoms with Gasteiger partial charge in [0.2, 0.25) is 0 Å². The lowest BCUT2D eigenvalue weighted by Gasteiger charge is -2.25. The number of hydrogen-bond donors (Lipinski definition) is 0. The summed E-state index contributed by atoms with van der Waals surface area (Å²) in [4.78, 5) is 0. The maximum atomic E-state index is 2.49. The zero-order chi connectivity index (χ0) is 13.8. The average molecular weight is 255 g/mol. The first kappa shape index (κ1) is 18.0. The molecule has 0 rings (SSSR count). The van der Waals surface area contributed by atoms with E-state index < -0.39 is 0 Å². The van der Waals surface area contributed by atoms with Crippen molar-refractivity contribution >= 4 is 0 Å². The van der Waals surface area contributed by atoms with Gasteiger partial charge < -0.3 is 0 Å². The molecular formula is C18H38. The summed E-state index contributed by atoms with van der Waals surface area (Å²) < 4.78 is 0. The molecule has 0 heteroatoms. The van der Waals surface area contributed by atoms with Crippen molar-refractivity contribution in [1.82, 2.24) is 0 Å². The molecule has 0 bridgehead atoms. The minimum absolute atomic E-state index is 0.918. The van der Waals surface area contributed by atoms with Crippen molar-refractivity contribution in [3.05, 3.63) is 0 Å². The highest BCUT2D eigenvalue weighted by Crippen LogP contribution is 2.28. The van der Waals surface area contributed by atoms with Gasteiger partial charge in [-0.1, -0.05) is 92.4 Å². The summed E-state index contributed by atoms with van der Waals surface area (Å²) >= 11 is 0. The Hall–Kier alpha value is 0. The Labute approximate surface area is 117 Å². The molecule has 0 radical (unpaired) electrons. The maximum absolute atomic E-state index is 2.49. The summed E-state index contributed by atoms with van der Waals surface area (Å²) in [5, 5.41) is 0. The van der Waals surface area contributed by atoms with Crippen LogP contribution in [0.15, 0.2) is 0 Å². The van der Waals surface area contributed by atoms with Crippen LogP contribution in [0.5, 0.6) is 0 Å². The Morgan fingerprint density at radius 1 is 0.722 bits per heavy atom. The molecule has 0 spiro atoms. The van der Waals surface area contributed by atoms with Crippen molar-refractivity contribution in [3.8, 4) is 0 Å². The molecule has 0 N–H and O–H groups in total. The molecular weight excluding hydrogens is 216 g/mol. The summed E-state index contributed by atoms with van der Waals surface area (Å²) in [6.07, 6.45) is 14.3. The summed E-state index contributed by atoms with van der Waals surface area (Å²) in [7, 11) is 0. The first-order valence-electron chi connectivity index (χ1n) is 8.65. The SMILES string of the molecule is CCCCCCCCC(C)C(CC)CC(C)CC. The molecule has 0 amide bonds. The van der Waals surface area contributed by atoms with E-state index in [0.29, 0.717) is 0 Å². The molecule has 3 unspecified atom stereocenters. The zero-order valence-corrected chi connectivity index (χ0v) is 13.8. The molecule has 0 aromatic rings. The first-order chi connectivity index (χ1) is 8.65. The van der Waals surface area contributed by atoms with Gasteiger partial charge in [-0.15, -0.1) is 0 Å². The quantitative estimate of drug-likeness (QED) is 0.335. The highest BCUT2D eigenvalue weighted by molar-refractivity contribution is 4.68. The highest BCUT2D eigenvalue weighted by atomic mass is 14.2. The predicted molar refractivity (Wildman–Crippen MR) is 85.0 cm³/mol. The Bertz CT molecular complexity index is 161. The maximum Gasteiger partial charge on any atom is -0.0389 e. The van der Waals surface area contributed by atoms with Gasteiger partial charge in [-0.2, -0.15) is 0 Å². The smallest absolute Gasteiger partial charge is 0.0389 e. The Morgan fingerprint density at radius 2 is 1.33 bits per heavy atom. The third-order valence-electron chi connectivity index (χ3n) is 4.74. The van der Waals surface area contributed by atoms with Crippen molar-refractivity contribution in [2.75, 3.05) is 0 Å². The lowest BCUT2D eigenvalue weighted by atomic mass is 9.81. The second kappa shape index (κ2) is 12.1. The van der Waals surface area contributed by atoms with E-state index in [1.54, 1.807) is 0 Å². The van der Waals surface area contributed by atoms with Crippen molar-refractivity contribution in [2.45, 2.75) is 98.8 Å². The Morgan fingerprint density at radius 3 is 1.89 bits per heavy atom. The Kier molecular flexibility index (Phi) is 12.1. The molecule has 0 heterocycles. The molecule has 0 nitrogen and oxygen atoms in total. The van der Waals surface area contributed by atoms with Crippen LogP contribution < -0.4 is 0 Å². The average Bonchev–Trinajstić information content (AvgIpc) is 2.39. The van der Waals surface area contributed by atoms with E-state index in [2.05, 4.69) is 34.6 Å². The van der Waals surface area contributed by atoms with E-state index in [-0.39, 0.29) is 0 Å². The predicted octanol–water partition coefficient (Wildman–Crippen LogP) is 6.84. The van der Waals surface area contributed by atoms with E-state index in [4.69, 9.17) is 0 Å². The zero-order valence-electron chi connectivity index (χ0n) is 13.8. The second-order valence-electron chi connectivity index (χ2n) is 6.45. The van der Waals surface area contributed by atoms with E-state index >= 15 is 0 Å². The molecule has 18 heavy (non-hydrogen) atoms. The highest BCUT2D eigenvalue weighted by Gasteiger charge is 2.17. The van der Waals surface area contributed by atoms with Crippen LogP contribution in [-0.2, 0) is 0 Å². The molecule has 0 fully saturated rings. The van der Waals surface area contributed by atoms with Gasteiger partial charge in [-0.25, -0.2) is 0 Å². The van der Waals surface area contributed by atoms with E-state index in [0.717, 1.165) is 17.8 Å². The van der Waals surface area contributed by atoms with E-state index in [9.17, 15) is 0 Å². The van der Waals surface area contributed by atoms with Crippen LogP contribution in [0, 0.1) is 17.8 Å². The van der Waals surface area contributed by atoms with Gasteiger partial charge in [0.1, 0.15) is 0 Å². The summed E-state index contributed by atoms with van der Waals surface area (Å²) in [6, 6.07) is 0. The molecule has 0 aromatic carbocycles. The summed E-state index contributed by atoms with van der Waals surface area (Å²) in [5.41, 5.74) is 0. The third kappa shape index (κ3) is 9.00. The van der Waals surface area contributed by atoms with Gasteiger partial charge in [0, 0.05) is 0 Å². The minimum atomic E-state index is 0.918. The van der Waals surface area contributed by atoms with Crippen molar-refractivity contribution in [2.24, 2.45) is 17.8 Å². The van der Waals surface area contributed by atoms with Gasteiger partial charge in [0.25, 0.3) is 0 Å². The molecule has 0 aliphatic heterocycles.